The van der Waals surface area contributed by atoms with Gasteiger partial charge in [0.2, 0.25) is 0 Å². The molecule has 3 rings (SSSR count). The van der Waals surface area contributed by atoms with E-state index in [1.165, 1.54) is 6.33 Å². The summed E-state index contributed by atoms with van der Waals surface area (Å²) in [5, 5.41) is 1.10. The number of nitrogens with one attached hydrogen (secondary N) is 1. The molecule has 3 aromatic heterocycles. The van der Waals surface area contributed by atoms with Crippen molar-refractivity contribution >= 4 is 26.8 Å². The molecule has 0 unspecified atom stereocenters. The maximum absolute atomic E-state index is 4.21. The summed E-state index contributed by atoms with van der Waals surface area (Å²) in [5.74, 6) is 0. The summed E-state index contributed by atoms with van der Waals surface area (Å²) in [6, 6.07) is 3.82. The van der Waals surface area contributed by atoms with Crippen LogP contribution in [0.5, 0.6) is 0 Å². The highest BCUT2D eigenvalue weighted by Crippen LogP contribution is 2.32. The third-order valence-electron chi connectivity index (χ3n) is 2.37. The summed E-state index contributed by atoms with van der Waals surface area (Å²) in [6.45, 7) is 0. The highest BCUT2D eigenvalue weighted by atomic mass is 79.9. The smallest absolute Gasteiger partial charge is 0.116 e. The topological polar surface area (TPSA) is 54.5 Å². The molecular formula is C11H7BrN4. The monoisotopic (exact) mass is 274 g/mol. The number of aromatic amines is 1. The van der Waals surface area contributed by atoms with Crippen LogP contribution in [0.4, 0.5) is 0 Å². The second-order valence-corrected chi connectivity index (χ2v) is 4.12. The molecule has 0 fully saturated rings. The fourth-order valence-electron chi connectivity index (χ4n) is 1.62. The molecule has 3 heterocycles. The summed E-state index contributed by atoms with van der Waals surface area (Å²) in [4.78, 5) is 15.5. The zero-order chi connectivity index (χ0) is 11.0. The molecule has 0 aromatic carbocycles. The molecular weight excluding hydrogens is 268 g/mol. The molecule has 3 aromatic rings. The Morgan fingerprint density at radius 1 is 1.12 bits per heavy atom. The predicted molar refractivity (Wildman–Crippen MR) is 64.8 cm³/mol. The fraction of sp³-hybridized carbons (Fsp3) is 0. The first-order chi connectivity index (χ1) is 7.86. The Morgan fingerprint density at radius 2 is 2.00 bits per heavy atom. The van der Waals surface area contributed by atoms with Crippen LogP contribution < -0.4 is 0 Å². The molecule has 0 aliphatic rings. The number of rotatable bonds is 1. The number of hydrogen-bond donors (Lipinski definition) is 1. The van der Waals surface area contributed by atoms with E-state index in [2.05, 4.69) is 35.9 Å². The van der Waals surface area contributed by atoms with Crippen LogP contribution in [0.1, 0.15) is 0 Å². The van der Waals surface area contributed by atoms with Gasteiger partial charge in [-0.2, -0.15) is 0 Å². The summed E-state index contributed by atoms with van der Waals surface area (Å²) in [7, 11) is 0. The average Bonchev–Trinajstić information content (AvgIpc) is 2.69. The highest BCUT2D eigenvalue weighted by molar-refractivity contribution is 9.10. The largest absolute Gasteiger partial charge is 0.351 e. The molecule has 0 spiro atoms. The van der Waals surface area contributed by atoms with Gasteiger partial charge >= 0.3 is 0 Å². The fourth-order valence-corrected chi connectivity index (χ4v) is 2.27. The predicted octanol–water partition coefficient (Wildman–Crippen LogP) is 2.78. The third kappa shape index (κ3) is 1.40. The van der Waals surface area contributed by atoms with Crippen LogP contribution in [0.25, 0.3) is 22.3 Å². The van der Waals surface area contributed by atoms with Crippen molar-refractivity contribution in [3.8, 4) is 11.4 Å². The molecule has 0 aliphatic carbocycles. The Balaban J connectivity index is 2.29. The second-order valence-electron chi connectivity index (χ2n) is 3.33. The minimum absolute atomic E-state index is 0.859. The van der Waals surface area contributed by atoms with E-state index in [4.69, 9.17) is 0 Å². The van der Waals surface area contributed by atoms with Crippen LogP contribution >= 0.6 is 15.9 Å². The lowest BCUT2D eigenvalue weighted by Crippen LogP contribution is -1.84. The third-order valence-corrected chi connectivity index (χ3v) is 3.20. The van der Waals surface area contributed by atoms with Crippen LogP contribution in [0.15, 0.2) is 41.5 Å². The molecule has 5 heteroatoms. The van der Waals surface area contributed by atoms with Gasteiger partial charge in [0.15, 0.2) is 0 Å². The quantitative estimate of drug-likeness (QED) is 0.743. The van der Waals surface area contributed by atoms with E-state index < -0.39 is 0 Å². The van der Waals surface area contributed by atoms with Crippen molar-refractivity contribution in [1.29, 1.82) is 0 Å². The Labute approximate surface area is 99.9 Å². The van der Waals surface area contributed by atoms with Crippen LogP contribution in [0, 0.1) is 0 Å². The highest BCUT2D eigenvalue weighted by Gasteiger charge is 2.10. The number of H-pyrrole nitrogens is 1. The van der Waals surface area contributed by atoms with E-state index in [0.29, 0.717) is 0 Å². The Morgan fingerprint density at radius 3 is 2.75 bits per heavy atom. The number of hydrogen-bond acceptors (Lipinski definition) is 3. The number of pyridine rings is 1. The van der Waals surface area contributed by atoms with Crippen LogP contribution in [0.2, 0.25) is 0 Å². The van der Waals surface area contributed by atoms with Gasteiger partial charge in [0.05, 0.1) is 27.6 Å². The molecule has 0 saturated carbocycles. The minimum Gasteiger partial charge on any atom is -0.351 e. The van der Waals surface area contributed by atoms with Crippen molar-refractivity contribution < 1.29 is 0 Å². The van der Waals surface area contributed by atoms with Crippen molar-refractivity contribution in [2.45, 2.75) is 0 Å². The van der Waals surface area contributed by atoms with Gasteiger partial charge in [0, 0.05) is 17.8 Å². The van der Waals surface area contributed by atoms with E-state index in [-0.39, 0.29) is 0 Å². The van der Waals surface area contributed by atoms with E-state index in [1.54, 1.807) is 18.6 Å². The summed E-state index contributed by atoms with van der Waals surface area (Å²) < 4.78 is 1.00. The van der Waals surface area contributed by atoms with Gasteiger partial charge in [-0.25, -0.2) is 9.97 Å². The second kappa shape index (κ2) is 3.68. The Bertz CT molecular complexity index is 633. The van der Waals surface area contributed by atoms with Crippen LogP contribution in [0.3, 0.4) is 0 Å². The van der Waals surface area contributed by atoms with Gasteiger partial charge in [-0.3, -0.25) is 4.98 Å². The van der Waals surface area contributed by atoms with Gasteiger partial charge in [0.25, 0.3) is 0 Å². The maximum Gasteiger partial charge on any atom is 0.116 e. The van der Waals surface area contributed by atoms with Crippen molar-refractivity contribution in [3.05, 3.63) is 41.5 Å². The Hall–Kier alpha value is -1.75. The number of aromatic nitrogens is 4. The summed E-state index contributed by atoms with van der Waals surface area (Å²) in [6.07, 6.45) is 6.82. The van der Waals surface area contributed by atoms with Crippen molar-refractivity contribution in [3.63, 3.8) is 0 Å². The molecule has 0 amide bonds. The van der Waals surface area contributed by atoms with Gasteiger partial charge in [0.1, 0.15) is 6.33 Å². The summed E-state index contributed by atoms with van der Waals surface area (Å²) >= 11 is 3.57. The minimum atomic E-state index is 0.859. The first-order valence-electron chi connectivity index (χ1n) is 4.74. The molecule has 16 heavy (non-hydrogen) atoms. The lowest BCUT2D eigenvalue weighted by molar-refractivity contribution is 1.16. The van der Waals surface area contributed by atoms with Gasteiger partial charge in [-0.05, 0) is 28.1 Å². The van der Waals surface area contributed by atoms with E-state index in [9.17, 15) is 0 Å². The van der Waals surface area contributed by atoms with Crippen LogP contribution in [-0.4, -0.2) is 19.9 Å². The van der Waals surface area contributed by atoms with Gasteiger partial charge < -0.3 is 4.98 Å². The molecule has 0 radical (unpaired) electrons. The first kappa shape index (κ1) is 9.47. The molecule has 1 N–H and O–H groups in total. The zero-order valence-corrected chi connectivity index (χ0v) is 9.77. The SMILES string of the molecule is Brc1c(-c2ccncn2)[nH]c2cnccc12. The molecule has 78 valence electrons. The summed E-state index contributed by atoms with van der Waals surface area (Å²) in [5.41, 5.74) is 2.80. The lowest BCUT2D eigenvalue weighted by atomic mass is 10.2. The molecule has 0 aliphatic heterocycles. The normalized spacial score (nSPS) is 10.8. The van der Waals surface area contributed by atoms with Crippen molar-refractivity contribution in [1.82, 2.24) is 19.9 Å². The number of halogens is 1. The molecule has 0 saturated heterocycles. The molecule has 4 nitrogen and oxygen atoms in total. The average molecular weight is 275 g/mol. The maximum atomic E-state index is 4.21. The van der Waals surface area contributed by atoms with Gasteiger partial charge in [-0.15, -0.1) is 0 Å². The van der Waals surface area contributed by atoms with Gasteiger partial charge in [-0.1, -0.05) is 0 Å². The Kier molecular flexibility index (Phi) is 2.18. The van der Waals surface area contributed by atoms with E-state index in [0.717, 1.165) is 26.8 Å². The molecule has 0 bridgehead atoms. The van der Waals surface area contributed by atoms with Crippen molar-refractivity contribution in [2.24, 2.45) is 0 Å². The van der Waals surface area contributed by atoms with E-state index >= 15 is 0 Å². The zero-order valence-electron chi connectivity index (χ0n) is 8.18. The number of fused-ring (bicyclic) bond motifs is 1. The lowest BCUT2D eigenvalue weighted by Gasteiger charge is -1.96. The first-order valence-corrected chi connectivity index (χ1v) is 5.53. The van der Waals surface area contributed by atoms with E-state index in [1.807, 2.05) is 12.1 Å². The molecule has 0 atom stereocenters. The standard InChI is InChI=1S/C11H7BrN4/c12-10-7-1-3-13-5-9(7)16-11(10)8-2-4-14-6-15-8/h1-6,16H. The van der Waals surface area contributed by atoms with Crippen LogP contribution in [-0.2, 0) is 0 Å². The van der Waals surface area contributed by atoms with Crippen molar-refractivity contribution in [2.75, 3.05) is 0 Å². The number of nitrogens with zero attached hydrogens (tertiary/aromatic N) is 3.